The largest absolute Gasteiger partial charge is 0.350 e. The molecule has 2 N–H and O–H groups in total. The van der Waals surface area contributed by atoms with E-state index in [0.717, 1.165) is 17.3 Å². The van der Waals surface area contributed by atoms with E-state index in [1.165, 1.54) is 24.2 Å². The summed E-state index contributed by atoms with van der Waals surface area (Å²) in [6, 6.07) is 4.34. The molecule has 0 aliphatic heterocycles. The topological polar surface area (TPSA) is 41.1 Å². The Balaban J connectivity index is 1.59. The van der Waals surface area contributed by atoms with Crippen molar-refractivity contribution < 1.29 is 4.79 Å². The third-order valence-corrected chi connectivity index (χ3v) is 3.82. The minimum Gasteiger partial charge on any atom is -0.350 e. The predicted octanol–water partition coefficient (Wildman–Crippen LogP) is 1.87. The molecule has 1 aliphatic carbocycles. The molecule has 0 aromatic carbocycles. The lowest BCUT2D eigenvalue weighted by molar-refractivity contribution is 0.0957. The summed E-state index contributed by atoms with van der Waals surface area (Å²) >= 11 is 1.48. The van der Waals surface area contributed by atoms with Crippen LogP contribution < -0.4 is 10.6 Å². The third-order valence-electron chi connectivity index (χ3n) is 2.95. The Morgan fingerprint density at radius 3 is 3.00 bits per heavy atom. The Labute approximate surface area is 100 Å². The summed E-state index contributed by atoms with van der Waals surface area (Å²) in [7, 11) is 0. The molecule has 4 heteroatoms. The van der Waals surface area contributed by atoms with Crippen molar-refractivity contribution in [1.29, 1.82) is 0 Å². The van der Waals surface area contributed by atoms with E-state index < -0.39 is 0 Å². The lowest BCUT2D eigenvalue weighted by Gasteiger charge is -2.12. The molecule has 1 amide bonds. The van der Waals surface area contributed by atoms with E-state index in [-0.39, 0.29) is 5.91 Å². The average Bonchev–Trinajstić information content (AvgIpc) is 2.99. The molecule has 0 radical (unpaired) electrons. The van der Waals surface area contributed by atoms with Gasteiger partial charge in [-0.05, 0) is 37.1 Å². The molecule has 1 saturated carbocycles. The van der Waals surface area contributed by atoms with E-state index in [2.05, 4.69) is 17.6 Å². The van der Waals surface area contributed by atoms with Crippen molar-refractivity contribution >= 4 is 17.2 Å². The molecule has 0 spiro atoms. The van der Waals surface area contributed by atoms with Crippen molar-refractivity contribution in [2.45, 2.75) is 25.8 Å². The summed E-state index contributed by atoms with van der Waals surface area (Å²) in [6.45, 7) is 3.78. The SMILES string of the molecule is CC(NCCNC(=O)c1cccs1)C1CC1. The van der Waals surface area contributed by atoms with Crippen molar-refractivity contribution in [2.24, 2.45) is 5.92 Å². The molecular formula is C12H18N2OS. The number of carbonyl (C=O) groups excluding carboxylic acids is 1. The molecule has 0 saturated heterocycles. The Kier molecular flexibility index (Phi) is 3.96. The van der Waals surface area contributed by atoms with Crippen LogP contribution in [0.15, 0.2) is 17.5 Å². The number of amides is 1. The molecule has 2 rings (SSSR count). The molecule has 16 heavy (non-hydrogen) atoms. The van der Waals surface area contributed by atoms with Gasteiger partial charge < -0.3 is 10.6 Å². The van der Waals surface area contributed by atoms with Crippen LogP contribution in [-0.2, 0) is 0 Å². The van der Waals surface area contributed by atoms with Crippen molar-refractivity contribution in [1.82, 2.24) is 10.6 Å². The van der Waals surface area contributed by atoms with Crippen LogP contribution in [0.4, 0.5) is 0 Å². The lowest BCUT2D eigenvalue weighted by Crippen LogP contribution is -2.36. The van der Waals surface area contributed by atoms with Crippen LogP contribution in [0.5, 0.6) is 0 Å². The van der Waals surface area contributed by atoms with Crippen molar-refractivity contribution in [2.75, 3.05) is 13.1 Å². The second-order valence-corrected chi connectivity index (χ2v) is 5.26. The number of rotatable bonds is 6. The highest BCUT2D eigenvalue weighted by molar-refractivity contribution is 7.12. The standard InChI is InChI=1S/C12H18N2OS/c1-9(10-4-5-10)13-6-7-14-12(15)11-3-2-8-16-11/h2-3,8-10,13H,4-7H2,1H3,(H,14,15). The molecule has 1 aromatic rings. The fourth-order valence-corrected chi connectivity index (χ4v) is 2.37. The van der Waals surface area contributed by atoms with Gasteiger partial charge in [0.15, 0.2) is 0 Å². The van der Waals surface area contributed by atoms with Gasteiger partial charge in [-0.3, -0.25) is 4.79 Å². The monoisotopic (exact) mass is 238 g/mol. The van der Waals surface area contributed by atoms with Gasteiger partial charge in [0.05, 0.1) is 4.88 Å². The maximum absolute atomic E-state index is 11.6. The zero-order chi connectivity index (χ0) is 11.4. The second kappa shape index (κ2) is 5.46. The number of thiophene rings is 1. The normalized spacial score (nSPS) is 17.1. The van der Waals surface area contributed by atoms with E-state index in [9.17, 15) is 4.79 Å². The predicted molar refractivity (Wildman–Crippen MR) is 66.8 cm³/mol. The molecule has 3 nitrogen and oxygen atoms in total. The first kappa shape index (κ1) is 11.6. The van der Waals surface area contributed by atoms with Gasteiger partial charge in [-0.25, -0.2) is 0 Å². The molecule has 1 fully saturated rings. The highest BCUT2D eigenvalue weighted by Crippen LogP contribution is 2.32. The quantitative estimate of drug-likeness (QED) is 0.743. The van der Waals surface area contributed by atoms with E-state index in [1.54, 1.807) is 0 Å². The van der Waals surface area contributed by atoms with Crippen molar-refractivity contribution in [3.8, 4) is 0 Å². The molecule has 1 atom stereocenters. The van der Waals surface area contributed by atoms with Gasteiger partial charge in [0, 0.05) is 19.1 Å². The highest BCUT2D eigenvalue weighted by atomic mass is 32.1. The molecule has 1 unspecified atom stereocenters. The maximum Gasteiger partial charge on any atom is 0.261 e. The Hall–Kier alpha value is -0.870. The number of hydrogen-bond acceptors (Lipinski definition) is 3. The number of carbonyl (C=O) groups is 1. The number of nitrogens with one attached hydrogen (secondary N) is 2. The van der Waals surface area contributed by atoms with Gasteiger partial charge in [-0.15, -0.1) is 11.3 Å². The summed E-state index contributed by atoms with van der Waals surface area (Å²) in [6.07, 6.45) is 2.71. The van der Waals surface area contributed by atoms with Crippen LogP contribution in [0.3, 0.4) is 0 Å². The summed E-state index contributed by atoms with van der Waals surface area (Å²) in [5.41, 5.74) is 0. The van der Waals surface area contributed by atoms with Crippen LogP contribution in [0.25, 0.3) is 0 Å². The molecule has 1 heterocycles. The zero-order valence-electron chi connectivity index (χ0n) is 9.53. The van der Waals surface area contributed by atoms with Gasteiger partial charge in [-0.2, -0.15) is 0 Å². The van der Waals surface area contributed by atoms with E-state index in [1.807, 2.05) is 17.5 Å². The Bertz CT molecular complexity index is 333. The first-order valence-electron chi connectivity index (χ1n) is 5.82. The fraction of sp³-hybridized carbons (Fsp3) is 0.583. The van der Waals surface area contributed by atoms with E-state index in [4.69, 9.17) is 0 Å². The minimum atomic E-state index is 0.0378. The second-order valence-electron chi connectivity index (χ2n) is 4.31. The first-order valence-corrected chi connectivity index (χ1v) is 6.70. The average molecular weight is 238 g/mol. The molecule has 0 bridgehead atoms. The molecular weight excluding hydrogens is 220 g/mol. The van der Waals surface area contributed by atoms with Gasteiger partial charge >= 0.3 is 0 Å². The Morgan fingerprint density at radius 1 is 1.56 bits per heavy atom. The number of hydrogen-bond donors (Lipinski definition) is 2. The molecule has 1 aliphatic rings. The fourth-order valence-electron chi connectivity index (χ4n) is 1.73. The van der Waals surface area contributed by atoms with Crippen LogP contribution in [-0.4, -0.2) is 25.0 Å². The van der Waals surface area contributed by atoms with Gasteiger partial charge in [0.2, 0.25) is 0 Å². The third kappa shape index (κ3) is 3.32. The highest BCUT2D eigenvalue weighted by Gasteiger charge is 2.27. The summed E-state index contributed by atoms with van der Waals surface area (Å²) in [5.74, 6) is 0.906. The zero-order valence-corrected chi connectivity index (χ0v) is 10.3. The summed E-state index contributed by atoms with van der Waals surface area (Å²) < 4.78 is 0. The molecule has 1 aromatic heterocycles. The van der Waals surface area contributed by atoms with Crippen LogP contribution in [0.1, 0.15) is 29.4 Å². The van der Waals surface area contributed by atoms with Gasteiger partial charge in [0.25, 0.3) is 5.91 Å². The van der Waals surface area contributed by atoms with Crippen molar-refractivity contribution in [3.63, 3.8) is 0 Å². The summed E-state index contributed by atoms with van der Waals surface area (Å²) in [4.78, 5) is 12.4. The van der Waals surface area contributed by atoms with E-state index in [0.29, 0.717) is 12.6 Å². The smallest absolute Gasteiger partial charge is 0.261 e. The maximum atomic E-state index is 11.6. The Morgan fingerprint density at radius 2 is 2.38 bits per heavy atom. The van der Waals surface area contributed by atoms with E-state index >= 15 is 0 Å². The van der Waals surface area contributed by atoms with Gasteiger partial charge in [0.1, 0.15) is 0 Å². The first-order chi connectivity index (χ1) is 7.77. The van der Waals surface area contributed by atoms with Crippen LogP contribution in [0, 0.1) is 5.92 Å². The van der Waals surface area contributed by atoms with Crippen LogP contribution in [0.2, 0.25) is 0 Å². The van der Waals surface area contributed by atoms with Crippen molar-refractivity contribution in [3.05, 3.63) is 22.4 Å². The molecule has 88 valence electrons. The summed E-state index contributed by atoms with van der Waals surface area (Å²) in [5, 5.41) is 8.26. The lowest BCUT2D eigenvalue weighted by atomic mass is 10.2. The van der Waals surface area contributed by atoms with Gasteiger partial charge in [-0.1, -0.05) is 6.07 Å². The minimum absolute atomic E-state index is 0.0378. The van der Waals surface area contributed by atoms with Crippen LogP contribution >= 0.6 is 11.3 Å².